The summed E-state index contributed by atoms with van der Waals surface area (Å²) in [7, 11) is 0. The fraction of sp³-hybridized carbons (Fsp3) is 0.267. The lowest BCUT2D eigenvalue weighted by molar-refractivity contribution is -0.124. The standard InChI is InChI=1S/C15H17N3O3/c1-10-7-8-18(17-10)11(2)14(19)16-9-12-3-5-13(6-4-12)15(20)21/h3-8,11H,9H2,1-2H3,(H,16,19)(H,20,21). The van der Waals surface area contributed by atoms with Crippen LogP contribution in [0.4, 0.5) is 0 Å². The number of rotatable bonds is 5. The molecule has 0 aliphatic carbocycles. The van der Waals surface area contributed by atoms with Crippen molar-refractivity contribution in [2.45, 2.75) is 26.4 Å². The Morgan fingerprint density at radius 2 is 1.95 bits per heavy atom. The fourth-order valence-electron chi connectivity index (χ4n) is 1.87. The maximum absolute atomic E-state index is 12.0. The zero-order chi connectivity index (χ0) is 15.4. The second-order valence-electron chi connectivity index (χ2n) is 4.83. The molecule has 6 heteroatoms. The number of hydrogen-bond donors (Lipinski definition) is 2. The number of aryl methyl sites for hydroxylation is 1. The Balaban J connectivity index is 1.93. The van der Waals surface area contributed by atoms with E-state index < -0.39 is 12.0 Å². The van der Waals surface area contributed by atoms with E-state index in [4.69, 9.17) is 5.11 Å². The molecule has 1 heterocycles. The molecule has 1 unspecified atom stereocenters. The van der Waals surface area contributed by atoms with Gasteiger partial charge >= 0.3 is 5.97 Å². The molecule has 0 bridgehead atoms. The first-order chi connectivity index (χ1) is 9.97. The molecule has 0 aliphatic rings. The molecule has 0 aliphatic heterocycles. The highest BCUT2D eigenvalue weighted by Crippen LogP contribution is 2.07. The van der Waals surface area contributed by atoms with Crippen molar-refractivity contribution < 1.29 is 14.7 Å². The summed E-state index contributed by atoms with van der Waals surface area (Å²) in [4.78, 5) is 22.8. The first-order valence-corrected chi connectivity index (χ1v) is 6.59. The van der Waals surface area contributed by atoms with Crippen LogP contribution in [0.25, 0.3) is 0 Å². The lowest BCUT2D eigenvalue weighted by Gasteiger charge is -2.12. The molecule has 2 N–H and O–H groups in total. The number of carbonyl (C=O) groups is 2. The quantitative estimate of drug-likeness (QED) is 0.877. The summed E-state index contributed by atoms with van der Waals surface area (Å²) in [5.41, 5.74) is 1.93. The predicted octanol–water partition coefficient (Wildman–Crippen LogP) is 1.77. The van der Waals surface area contributed by atoms with Gasteiger partial charge in [0.1, 0.15) is 6.04 Å². The topological polar surface area (TPSA) is 84.2 Å². The molecule has 0 saturated heterocycles. The number of nitrogens with zero attached hydrogens (tertiary/aromatic N) is 2. The van der Waals surface area contributed by atoms with Crippen LogP contribution in [0.15, 0.2) is 36.5 Å². The summed E-state index contributed by atoms with van der Waals surface area (Å²) in [6.45, 7) is 3.99. The van der Waals surface area contributed by atoms with Crippen molar-refractivity contribution >= 4 is 11.9 Å². The van der Waals surface area contributed by atoms with Gasteiger partial charge < -0.3 is 10.4 Å². The Morgan fingerprint density at radius 3 is 2.48 bits per heavy atom. The zero-order valence-corrected chi connectivity index (χ0v) is 11.9. The number of aromatic nitrogens is 2. The summed E-state index contributed by atoms with van der Waals surface area (Å²) in [5, 5.41) is 15.8. The molecule has 0 radical (unpaired) electrons. The van der Waals surface area contributed by atoms with Gasteiger partial charge in [0.2, 0.25) is 5.91 Å². The van der Waals surface area contributed by atoms with Gasteiger partial charge in [-0.15, -0.1) is 0 Å². The minimum absolute atomic E-state index is 0.139. The van der Waals surface area contributed by atoms with Crippen LogP contribution in [0.2, 0.25) is 0 Å². The number of carboxylic acid groups (broad SMARTS) is 1. The highest BCUT2D eigenvalue weighted by atomic mass is 16.4. The van der Waals surface area contributed by atoms with Crippen LogP contribution in [0.3, 0.4) is 0 Å². The Kier molecular flexibility index (Phi) is 4.37. The van der Waals surface area contributed by atoms with E-state index in [-0.39, 0.29) is 11.5 Å². The lowest BCUT2D eigenvalue weighted by Crippen LogP contribution is -2.30. The number of benzene rings is 1. The first kappa shape index (κ1) is 14.8. The Labute approximate surface area is 122 Å². The molecule has 0 fully saturated rings. The van der Waals surface area contributed by atoms with Gasteiger partial charge in [-0.1, -0.05) is 12.1 Å². The largest absolute Gasteiger partial charge is 0.478 e. The highest BCUT2D eigenvalue weighted by molar-refractivity contribution is 5.87. The molecule has 2 aromatic rings. The SMILES string of the molecule is Cc1ccn(C(C)C(=O)NCc2ccc(C(=O)O)cc2)n1. The van der Waals surface area contributed by atoms with E-state index in [2.05, 4.69) is 10.4 Å². The van der Waals surface area contributed by atoms with Crippen LogP contribution in [0, 0.1) is 6.92 Å². The van der Waals surface area contributed by atoms with E-state index in [0.717, 1.165) is 11.3 Å². The maximum Gasteiger partial charge on any atom is 0.335 e. The molecule has 2 rings (SSSR count). The molecular weight excluding hydrogens is 270 g/mol. The number of carbonyl (C=O) groups excluding carboxylic acids is 1. The van der Waals surface area contributed by atoms with E-state index in [9.17, 15) is 9.59 Å². The molecule has 1 atom stereocenters. The van der Waals surface area contributed by atoms with Crippen LogP contribution >= 0.6 is 0 Å². The van der Waals surface area contributed by atoms with Crippen LogP contribution in [0.5, 0.6) is 0 Å². The van der Waals surface area contributed by atoms with Gasteiger partial charge in [0.05, 0.1) is 11.3 Å². The van der Waals surface area contributed by atoms with E-state index in [0.29, 0.717) is 6.54 Å². The number of aromatic carboxylic acids is 1. The molecule has 1 aromatic carbocycles. The van der Waals surface area contributed by atoms with Gasteiger partial charge in [-0.3, -0.25) is 9.48 Å². The summed E-state index contributed by atoms with van der Waals surface area (Å²) in [6, 6.07) is 7.86. The fourth-order valence-corrected chi connectivity index (χ4v) is 1.87. The number of amides is 1. The second-order valence-corrected chi connectivity index (χ2v) is 4.83. The van der Waals surface area contributed by atoms with Gasteiger partial charge in [0, 0.05) is 12.7 Å². The van der Waals surface area contributed by atoms with E-state index in [1.165, 1.54) is 12.1 Å². The van der Waals surface area contributed by atoms with Crippen molar-refractivity contribution in [3.05, 3.63) is 53.3 Å². The molecule has 1 amide bonds. The minimum Gasteiger partial charge on any atom is -0.478 e. The van der Waals surface area contributed by atoms with Crippen molar-refractivity contribution in [2.24, 2.45) is 0 Å². The molecule has 1 aromatic heterocycles. The van der Waals surface area contributed by atoms with E-state index >= 15 is 0 Å². The third-order valence-corrected chi connectivity index (χ3v) is 3.19. The summed E-state index contributed by atoms with van der Waals surface area (Å²) in [5.74, 6) is -1.10. The van der Waals surface area contributed by atoms with Crippen molar-refractivity contribution in [3.63, 3.8) is 0 Å². The Hall–Kier alpha value is -2.63. The predicted molar refractivity (Wildman–Crippen MR) is 76.9 cm³/mol. The van der Waals surface area contributed by atoms with Crippen LogP contribution in [0.1, 0.15) is 34.6 Å². The van der Waals surface area contributed by atoms with E-state index in [1.807, 2.05) is 13.0 Å². The number of hydrogen-bond acceptors (Lipinski definition) is 3. The summed E-state index contributed by atoms with van der Waals surface area (Å²) in [6.07, 6.45) is 1.77. The Morgan fingerprint density at radius 1 is 1.29 bits per heavy atom. The Bertz CT molecular complexity index is 646. The lowest BCUT2D eigenvalue weighted by atomic mass is 10.1. The van der Waals surface area contributed by atoms with Crippen molar-refractivity contribution in [3.8, 4) is 0 Å². The summed E-state index contributed by atoms with van der Waals surface area (Å²) < 4.78 is 1.61. The molecule has 21 heavy (non-hydrogen) atoms. The van der Waals surface area contributed by atoms with Gasteiger partial charge in [-0.05, 0) is 37.6 Å². The normalized spacial score (nSPS) is 11.9. The first-order valence-electron chi connectivity index (χ1n) is 6.59. The van der Waals surface area contributed by atoms with Crippen molar-refractivity contribution in [1.82, 2.24) is 15.1 Å². The van der Waals surface area contributed by atoms with Gasteiger partial charge in [-0.2, -0.15) is 5.10 Å². The van der Waals surface area contributed by atoms with Gasteiger partial charge in [-0.25, -0.2) is 4.79 Å². The monoisotopic (exact) mass is 287 g/mol. The van der Waals surface area contributed by atoms with Gasteiger partial charge in [0.25, 0.3) is 0 Å². The average Bonchev–Trinajstić information content (AvgIpc) is 2.91. The highest BCUT2D eigenvalue weighted by Gasteiger charge is 2.15. The number of nitrogens with one attached hydrogen (secondary N) is 1. The number of carboxylic acids is 1. The van der Waals surface area contributed by atoms with Crippen LogP contribution in [-0.2, 0) is 11.3 Å². The average molecular weight is 287 g/mol. The molecule has 6 nitrogen and oxygen atoms in total. The van der Waals surface area contributed by atoms with Crippen LogP contribution in [-0.4, -0.2) is 26.8 Å². The van der Waals surface area contributed by atoms with Crippen molar-refractivity contribution in [2.75, 3.05) is 0 Å². The van der Waals surface area contributed by atoms with Gasteiger partial charge in [0.15, 0.2) is 0 Å². The van der Waals surface area contributed by atoms with E-state index in [1.54, 1.807) is 29.9 Å². The van der Waals surface area contributed by atoms with Crippen LogP contribution < -0.4 is 5.32 Å². The third kappa shape index (κ3) is 3.68. The molecule has 110 valence electrons. The van der Waals surface area contributed by atoms with Crippen molar-refractivity contribution in [1.29, 1.82) is 0 Å². The second kappa shape index (κ2) is 6.21. The molecular formula is C15H17N3O3. The maximum atomic E-state index is 12.0. The smallest absolute Gasteiger partial charge is 0.335 e. The minimum atomic E-state index is -0.965. The summed E-state index contributed by atoms with van der Waals surface area (Å²) >= 11 is 0. The third-order valence-electron chi connectivity index (χ3n) is 3.19. The molecule has 0 saturated carbocycles. The molecule has 0 spiro atoms. The zero-order valence-electron chi connectivity index (χ0n) is 11.9.